The van der Waals surface area contributed by atoms with Gasteiger partial charge in [0.2, 0.25) is 5.95 Å². The summed E-state index contributed by atoms with van der Waals surface area (Å²) in [6.07, 6.45) is 1.59. The zero-order chi connectivity index (χ0) is 15.8. The van der Waals surface area contributed by atoms with E-state index in [1.807, 2.05) is 0 Å². The number of nitrogens with zero attached hydrogens (tertiary/aromatic N) is 5. The first-order chi connectivity index (χ1) is 11.2. The van der Waals surface area contributed by atoms with Gasteiger partial charge in [0, 0.05) is 26.2 Å². The smallest absolute Gasteiger partial charge is 0.229 e. The van der Waals surface area contributed by atoms with E-state index in [9.17, 15) is 4.39 Å². The lowest BCUT2D eigenvalue weighted by atomic mass is 10.3. The van der Waals surface area contributed by atoms with Crippen LogP contribution in [0.25, 0.3) is 16.9 Å². The molecule has 2 aromatic heterocycles. The SMILES string of the molecule is Nc1nc(N2CCNCC2)nc2c1ncn2-c1cccc(F)c1. The Kier molecular flexibility index (Phi) is 3.30. The third-order valence-corrected chi connectivity index (χ3v) is 3.90. The monoisotopic (exact) mass is 313 g/mol. The molecule has 0 spiro atoms. The average molecular weight is 313 g/mol. The second-order valence-electron chi connectivity index (χ2n) is 5.41. The average Bonchev–Trinajstić information content (AvgIpc) is 3.00. The first-order valence-corrected chi connectivity index (χ1v) is 7.44. The van der Waals surface area contributed by atoms with Gasteiger partial charge < -0.3 is 16.0 Å². The normalized spacial score (nSPS) is 15.3. The minimum Gasteiger partial charge on any atom is -0.382 e. The molecule has 1 fully saturated rings. The largest absolute Gasteiger partial charge is 0.382 e. The van der Waals surface area contributed by atoms with Crippen molar-refractivity contribution in [1.29, 1.82) is 0 Å². The molecule has 1 aliphatic rings. The van der Waals surface area contributed by atoms with Crippen LogP contribution in [0.2, 0.25) is 0 Å². The summed E-state index contributed by atoms with van der Waals surface area (Å²) in [6, 6.07) is 6.29. The lowest BCUT2D eigenvalue weighted by molar-refractivity contribution is 0.580. The van der Waals surface area contributed by atoms with Crippen molar-refractivity contribution >= 4 is 22.9 Å². The van der Waals surface area contributed by atoms with Crippen LogP contribution in [0.3, 0.4) is 0 Å². The van der Waals surface area contributed by atoms with Crippen molar-refractivity contribution in [2.75, 3.05) is 36.8 Å². The van der Waals surface area contributed by atoms with Gasteiger partial charge in [-0.05, 0) is 18.2 Å². The number of imidazole rings is 1. The van der Waals surface area contributed by atoms with Crippen LogP contribution in [0.5, 0.6) is 0 Å². The first kappa shape index (κ1) is 13.9. The number of nitrogens with two attached hydrogens (primary N) is 1. The van der Waals surface area contributed by atoms with Crippen molar-refractivity contribution in [2.24, 2.45) is 0 Å². The molecule has 23 heavy (non-hydrogen) atoms. The van der Waals surface area contributed by atoms with Gasteiger partial charge in [0.1, 0.15) is 12.1 Å². The van der Waals surface area contributed by atoms with Gasteiger partial charge in [0.15, 0.2) is 17.0 Å². The topological polar surface area (TPSA) is 84.9 Å². The summed E-state index contributed by atoms with van der Waals surface area (Å²) in [5.74, 6) is 0.599. The van der Waals surface area contributed by atoms with E-state index in [0.29, 0.717) is 28.6 Å². The molecular formula is C15H16FN7. The van der Waals surface area contributed by atoms with Crippen LogP contribution in [0.4, 0.5) is 16.2 Å². The Bertz CT molecular complexity index is 854. The van der Waals surface area contributed by atoms with Gasteiger partial charge in [-0.3, -0.25) is 4.57 Å². The zero-order valence-electron chi connectivity index (χ0n) is 12.4. The quantitative estimate of drug-likeness (QED) is 0.732. The molecule has 0 radical (unpaired) electrons. The predicted molar refractivity (Wildman–Crippen MR) is 86.1 cm³/mol. The molecule has 1 aromatic carbocycles. The van der Waals surface area contributed by atoms with Crippen LogP contribution >= 0.6 is 0 Å². The van der Waals surface area contributed by atoms with Crippen molar-refractivity contribution in [3.63, 3.8) is 0 Å². The molecular weight excluding hydrogens is 297 g/mol. The maximum Gasteiger partial charge on any atom is 0.229 e. The van der Waals surface area contributed by atoms with Crippen molar-refractivity contribution in [3.05, 3.63) is 36.4 Å². The molecule has 3 N–H and O–H groups in total. The molecule has 0 atom stereocenters. The van der Waals surface area contributed by atoms with E-state index in [0.717, 1.165) is 26.2 Å². The van der Waals surface area contributed by atoms with Gasteiger partial charge in [0.05, 0.1) is 5.69 Å². The molecule has 7 nitrogen and oxygen atoms in total. The van der Waals surface area contributed by atoms with Gasteiger partial charge in [-0.15, -0.1) is 0 Å². The van der Waals surface area contributed by atoms with Crippen LogP contribution in [-0.2, 0) is 0 Å². The fourth-order valence-electron chi connectivity index (χ4n) is 2.73. The summed E-state index contributed by atoms with van der Waals surface area (Å²) in [5.41, 5.74) is 7.79. The van der Waals surface area contributed by atoms with Gasteiger partial charge in [-0.25, -0.2) is 9.37 Å². The number of piperazine rings is 1. The summed E-state index contributed by atoms with van der Waals surface area (Å²) in [4.78, 5) is 15.3. The Labute approximate surface area is 132 Å². The van der Waals surface area contributed by atoms with E-state index >= 15 is 0 Å². The number of nitrogens with one attached hydrogen (secondary N) is 1. The van der Waals surface area contributed by atoms with E-state index in [2.05, 4.69) is 25.2 Å². The number of rotatable bonds is 2. The standard InChI is InChI=1S/C15H16FN7/c16-10-2-1-3-11(8-10)23-9-19-12-13(17)20-15(21-14(12)23)22-6-4-18-5-7-22/h1-3,8-9,18H,4-7H2,(H2,17,20,21). The fraction of sp³-hybridized carbons (Fsp3) is 0.267. The number of hydrogen-bond acceptors (Lipinski definition) is 6. The molecule has 8 heteroatoms. The molecule has 0 aliphatic carbocycles. The number of hydrogen-bond donors (Lipinski definition) is 2. The third kappa shape index (κ3) is 2.46. The molecule has 3 heterocycles. The zero-order valence-corrected chi connectivity index (χ0v) is 12.4. The molecule has 118 valence electrons. The highest BCUT2D eigenvalue weighted by Crippen LogP contribution is 2.23. The van der Waals surface area contributed by atoms with E-state index in [1.165, 1.54) is 12.1 Å². The first-order valence-electron chi connectivity index (χ1n) is 7.44. The Balaban J connectivity index is 1.85. The lowest BCUT2D eigenvalue weighted by Crippen LogP contribution is -2.44. The molecule has 0 amide bonds. The Morgan fingerprint density at radius 1 is 1.17 bits per heavy atom. The molecule has 0 bridgehead atoms. The van der Waals surface area contributed by atoms with Crippen LogP contribution < -0.4 is 16.0 Å². The van der Waals surface area contributed by atoms with Gasteiger partial charge >= 0.3 is 0 Å². The molecule has 0 unspecified atom stereocenters. The highest BCUT2D eigenvalue weighted by molar-refractivity contribution is 5.84. The molecule has 1 saturated heterocycles. The minimum absolute atomic E-state index is 0.311. The third-order valence-electron chi connectivity index (χ3n) is 3.90. The fourth-order valence-corrected chi connectivity index (χ4v) is 2.73. The maximum atomic E-state index is 13.5. The van der Waals surface area contributed by atoms with Crippen LogP contribution in [-0.4, -0.2) is 45.7 Å². The minimum atomic E-state index is -0.311. The van der Waals surface area contributed by atoms with Gasteiger partial charge in [0.25, 0.3) is 0 Å². The highest BCUT2D eigenvalue weighted by atomic mass is 19.1. The maximum absolute atomic E-state index is 13.5. The summed E-state index contributed by atoms with van der Waals surface area (Å²) in [5, 5.41) is 3.29. The number of aromatic nitrogens is 4. The van der Waals surface area contributed by atoms with Crippen LogP contribution in [0.1, 0.15) is 0 Å². The van der Waals surface area contributed by atoms with Crippen molar-refractivity contribution < 1.29 is 4.39 Å². The Morgan fingerprint density at radius 2 is 2.00 bits per heavy atom. The van der Waals surface area contributed by atoms with Gasteiger partial charge in [-0.1, -0.05) is 6.07 Å². The highest BCUT2D eigenvalue weighted by Gasteiger charge is 2.18. The van der Waals surface area contributed by atoms with E-state index in [1.54, 1.807) is 23.0 Å². The number of fused-ring (bicyclic) bond motifs is 1. The van der Waals surface area contributed by atoms with E-state index < -0.39 is 0 Å². The Hall–Kier alpha value is -2.74. The van der Waals surface area contributed by atoms with E-state index in [4.69, 9.17) is 5.73 Å². The number of benzene rings is 1. The van der Waals surface area contributed by atoms with Crippen molar-refractivity contribution in [2.45, 2.75) is 0 Å². The second-order valence-corrected chi connectivity index (χ2v) is 5.41. The number of halogens is 1. The predicted octanol–water partition coefficient (Wildman–Crippen LogP) is 0.946. The lowest BCUT2D eigenvalue weighted by Gasteiger charge is -2.27. The Morgan fingerprint density at radius 3 is 2.78 bits per heavy atom. The van der Waals surface area contributed by atoms with Crippen molar-refractivity contribution in [3.8, 4) is 5.69 Å². The summed E-state index contributed by atoms with van der Waals surface area (Å²) in [7, 11) is 0. The van der Waals surface area contributed by atoms with E-state index in [-0.39, 0.29) is 5.82 Å². The molecule has 1 aliphatic heterocycles. The van der Waals surface area contributed by atoms with Crippen LogP contribution in [0, 0.1) is 5.82 Å². The second kappa shape index (κ2) is 5.47. The van der Waals surface area contributed by atoms with Crippen molar-refractivity contribution in [1.82, 2.24) is 24.8 Å². The number of anilines is 2. The van der Waals surface area contributed by atoms with Gasteiger partial charge in [-0.2, -0.15) is 9.97 Å². The molecule has 3 aromatic rings. The summed E-state index contributed by atoms with van der Waals surface area (Å²) < 4.78 is 15.2. The summed E-state index contributed by atoms with van der Waals surface area (Å²) in [6.45, 7) is 3.40. The molecule has 4 rings (SSSR count). The number of nitrogen functional groups attached to an aromatic ring is 1. The van der Waals surface area contributed by atoms with Crippen LogP contribution in [0.15, 0.2) is 30.6 Å². The molecule has 0 saturated carbocycles. The summed E-state index contributed by atoms with van der Waals surface area (Å²) >= 11 is 0.